The smallest absolute Gasteiger partial charge is 0.262 e. The highest BCUT2D eigenvalue weighted by Gasteiger charge is 2.15. The van der Waals surface area contributed by atoms with Gasteiger partial charge in [0.2, 0.25) is 5.88 Å². The van der Waals surface area contributed by atoms with Crippen LogP contribution in [-0.2, 0) is 0 Å². The van der Waals surface area contributed by atoms with Crippen LogP contribution < -0.4 is 10.1 Å². The fourth-order valence-corrected chi connectivity index (χ4v) is 2.22. The molecule has 0 saturated carbocycles. The Kier molecular flexibility index (Phi) is 3.88. The summed E-state index contributed by atoms with van der Waals surface area (Å²) in [5.41, 5.74) is 0.358. The molecule has 2 heterocycles. The highest BCUT2D eigenvalue weighted by Crippen LogP contribution is 2.23. The molecule has 6 heteroatoms. The number of thiazole rings is 1. The van der Waals surface area contributed by atoms with Gasteiger partial charge in [-0.3, -0.25) is 10.1 Å². The minimum Gasteiger partial charge on any atom is -0.438 e. The molecule has 0 spiro atoms. The first-order valence-corrected chi connectivity index (χ1v) is 7.09. The van der Waals surface area contributed by atoms with E-state index in [1.807, 2.05) is 18.2 Å². The average molecular weight is 297 g/mol. The van der Waals surface area contributed by atoms with E-state index >= 15 is 0 Å². The number of amides is 1. The predicted molar refractivity (Wildman–Crippen MR) is 80.8 cm³/mol. The highest BCUT2D eigenvalue weighted by molar-refractivity contribution is 7.13. The summed E-state index contributed by atoms with van der Waals surface area (Å²) in [5.74, 6) is 0.584. The molecule has 0 fully saturated rings. The molecule has 0 aliphatic heterocycles. The fourth-order valence-electron chi connectivity index (χ4n) is 1.69. The van der Waals surface area contributed by atoms with Crippen LogP contribution in [0.5, 0.6) is 11.6 Å². The molecule has 0 bridgehead atoms. The molecule has 1 amide bonds. The number of nitrogens with zero attached hydrogens (tertiary/aromatic N) is 2. The lowest BCUT2D eigenvalue weighted by molar-refractivity contribution is 0.102. The number of hydrogen-bond acceptors (Lipinski definition) is 5. The second kappa shape index (κ2) is 6.15. The Hall–Kier alpha value is -2.73. The number of para-hydroxylation sites is 1. The Bertz CT molecular complexity index is 730. The molecule has 21 heavy (non-hydrogen) atoms. The summed E-state index contributed by atoms with van der Waals surface area (Å²) in [6.07, 6.45) is 3.21. The molecule has 0 aliphatic rings. The van der Waals surface area contributed by atoms with Crippen LogP contribution in [-0.4, -0.2) is 15.9 Å². The van der Waals surface area contributed by atoms with Gasteiger partial charge < -0.3 is 4.74 Å². The van der Waals surface area contributed by atoms with Crippen LogP contribution in [0, 0.1) is 0 Å². The van der Waals surface area contributed by atoms with Crippen LogP contribution in [0.4, 0.5) is 5.13 Å². The van der Waals surface area contributed by atoms with Gasteiger partial charge in [0, 0.05) is 17.8 Å². The molecule has 0 saturated heterocycles. The van der Waals surface area contributed by atoms with E-state index in [-0.39, 0.29) is 11.8 Å². The quantitative estimate of drug-likeness (QED) is 0.799. The largest absolute Gasteiger partial charge is 0.438 e. The standard InChI is InChI=1S/C15H11N3O2S/c19-13(18-15-17-9-10-21-15)12-7-4-8-16-14(12)20-11-5-2-1-3-6-11/h1-10H,(H,17,18,19). The van der Waals surface area contributed by atoms with Crippen molar-refractivity contribution in [1.29, 1.82) is 0 Å². The van der Waals surface area contributed by atoms with Crippen molar-refractivity contribution < 1.29 is 9.53 Å². The third-order valence-electron chi connectivity index (χ3n) is 2.63. The summed E-state index contributed by atoms with van der Waals surface area (Å²) in [5, 5.41) is 5.04. The number of ether oxygens (including phenoxy) is 1. The van der Waals surface area contributed by atoms with E-state index in [2.05, 4.69) is 15.3 Å². The number of anilines is 1. The van der Waals surface area contributed by atoms with E-state index in [1.54, 1.807) is 42.0 Å². The van der Waals surface area contributed by atoms with Crippen LogP contribution in [0.2, 0.25) is 0 Å². The van der Waals surface area contributed by atoms with Crippen LogP contribution in [0.3, 0.4) is 0 Å². The van der Waals surface area contributed by atoms with E-state index in [9.17, 15) is 4.79 Å². The van der Waals surface area contributed by atoms with Crippen molar-refractivity contribution in [3.8, 4) is 11.6 Å². The zero-order valence-electron chi connectivity index (χ0n) is 10.9. The number of hydrogen-bond donors (Lipinski definition) is 1. The van der Waals surface area contributed by atoms with E-state index in [1.165, 1.54) is 11.3 Å². The van der Waals surface area contributed by atoms with Crippen LogP contribution in [0.1, 0.15) is 10.4 Å². The van der Waals surface area contributed by atoms with Gasteiger partial charge in [0.05, 0.1) is 0 Å². The number of aromatic nitrogens is 2. The summed E-state index contributed by atoms with van der Waals surface area (Å²) < 4.78 is 5.66. The Balaban J connectivity index is 1.84. The van der Waals surface area contributed by atoms with Gasteiger partial charge in [0.15, 0.2) is 5.13 Å². The number of rotatable bonds is 4. The van der Waals surface area contributed by atoms with Crippen LogP contribution >= 0.6 is 11.3 Å². The van der Waals surface area contributed by atoms with Crippen molar-refractivity contribution in [1.82, 2.24) is 9.97 Å². The van der Waals surface area contributed by atoms with Crippen LogP contribution in [0.15, 0.2) is 60.2 Å². The third kappa shape index (κ3) is 3.24. The second-order valence-corrected chi connectivity index (χ2v) is 4.96. The van der Waals surface area contributed by atoms with Crippen molar-refractivity contribution >= 4 is 22.4 Å². The van der Waals surface area contributed by atoms with E-state index < -0.39 is 0 Å². The first-order chi connectivity index (χ1) is 10.3. The monoisotopic (exact) mass is 297 g/mol. The molecule has 1 aromatic carbocycles. The van der Waals surface area contributed by atoms with Gasteiger partial charge in [-0.15, -0.1) is 11.3 Å². The third-order valence-corrected chi connectivity index (χ3v) is 3.31. The van der Waals surface area contributed by atoms with Crippen LogP contribution in [0.25, 0.3) is 0 Å². The van der Waals surface area contributed by atoms with Gasteiger partial charge in [-0.2, -0.15) is 0 Å². The number of carbonyl (C=O) groups is 1. The normalized spacial score (nSPS) is 10.1. The van der Waals surface area contributed by atoms with Crippen molar-refractivity contribution in [3.63, 3.8) is 0 Å². The summed E-state index contributed by atoms with van der Waals surface area (Å²) in [4.78, 5) is 20.4. The summed E-state index contributed by atoms with van der Waals surface area (Å²) >= 11 is 1.35. The molecule has 1 N–H and O–H groups in total. The van der Waals surface area contributed by atoms with Gasteiger partial charge in [0.25, 0.3) is 5.91 Å². The first kappa shape index (κ1) is 13.3. The molecular weight excluding hydrogens is 286 g/mol. The summed E-state index contributed by atoms with van der Waals surface area (Å²) in [6, 6.07) is 12.6. The highest BCUT2D eigenvalue weighted by atomic mass is 32.1. The summed E-state index contributed by atoms with van der Waals surface area (Å²) in [6.45, 7) is 0. The Morgan fingerprint density at radius 1 is 1.05 bits per heavy atom. The molecule has 0 radical (unpaired) electrons. The molecule has 0 unspecified atom stereocenters. The number of nitrogens with one attached hydrogen (secondary N) is 1. The average Bonchev–Trinajstić information content (AvgIpc) is 3.02. The number of pyridine rings is 1. The van der Waals surface area contributed by atoms with Gasteiger partial charge >= 0.3 is 0 Å². The maximum absolute atomic E-state index is 12.3. The zero-order chi connectivity index (χ0) is 14.5. The molecule has 3 rings (SSSR count). The van der Waals surface area contributed by atoms with E-state index in [0.29, 0.717) is 16.4 Å². The van der Waals surface area contributed by atoms with Crippen molar-refractivity contribution in [2.75, 3.05) is 5.32 Å². The van der Waals surface area contributed by atoms with E-state index in [4.69, 9.17) is 4.74 Å². The fraction of sp³-hybridized carbons (Fsp3) is 0. The molecule has 0 aliphatic carbocycles. The van der Waals surface area contributed by atoms with Gasteiger partial charge in [0.1, 0.15) is 11.3 Å². The lowest BCUT2D eigenvalue weighted by Gasteiger charge is -2.09. The molecule has 0 atom stereocenters. The number of carbonyl (C=O) groups excluding carboxylic acids is 1. The van der Waals surface area contributed by atoms with Gasteiger partial charge in [-0.05, 0) is 24.3 Å². The van der Waals surface area contributed by atoms with Crippen molar-refractivity contribution in [2.24, 2.45) is 0 Å². The maximum Gasteiger partial charge on any atom is 0.262 e. The molecule has 104 valence electrons. The Morgan fingerprint density at radius 2 is 1.90 bits per heavy atom. The lowest BCUT2D eigenvalue weighted by atomic mass is 10.2. The maximum atomic E-state index is 12.3. The topological polar surface area (TPSA) is 64.1 Å². The number of benzene rings is 1. The van der Waals surface area contributed by atoms with Gasteiger partial charge in [-0.1, -0.05) is 18.2 Å². The summed E-state index contributed by atoms with van der Waals surface area (Å²) in [7, 11) is 0. The Labute approximate surface area is 125 Å². The predicted octanol–water partition coefficient (Wildman–Crippen LogP) is 3.58. The minimum absolute atomic E-state index is 0.262. The van der Waals surface area contributed by atoms with Crippen molar-refractivity contribution in [2.45, 2.75) is 0 Å². The molecule has 5 nitrogen and oxygen atoms in total. The second-order valence-electron chi connectivity index (χ2n) is 4.06. The lowest BCUT2D eigenvalue weighted by Crippen LogP contribution is -2.13. The molecule has 2 aromatic heterocycles. The zero-order valence-corrected chi connectivity index (χ0v) is 11.7. The van der Waals surface area contributed by atoms with Gasteiger partial charge in [-0.25, -0.2) is 9.97 Å². The Morgan fingerprint density at radius 3 is 2.67 bits per heavy atom. The minimum atomic E-state index is -0.302. The SMILES string of the molecule is O=C(Nc1nccs1)c1cccnc1Oc1ccccc1. The van der Waals surface area contributed by atoms with E-state index in [0.717, 1.165) is 0 Å². The first-order valence-electron chi connectivity index (χ1n) is 6.22. The molecular formula is C15H11N3O2S. The van der Waals surface area contributed by atoms with Crippen molar-refractivity contribution in [3.05, 3.63) is 65.8 Å². The molecule has 3 aromatic rings.